The topological polar surface area (TPSA) is 179 Å². The number of methoxy groups -OCH3 is 2. The van der Waals surface area contributed by atoms with E-state index in [1.54, 1.807) is 12.1 Å². The van der Waals surface area contributed by atoms with E-state index in [9.17, 15) is 15.4 Å². The molecule has 0 aliphatic carbocycles. The molecule has 312 valence electrons. The van der Waals surface area contributed by atoms with Gasteiger partial charge >= 0.3 is 8.60 Å². The Morgan fingerprint density at radius 2 is 1.57 bits per heavy atom. The van der Waals surface area contributed by atoms with Crippen molar-refractivity contribution in [2.45, 2.75) is 141 Å². The second-order valence-electron chi connectivity index (χ2n) is 14.5. The number of fused-ring (bicyclic) bond motifs is 1. The number of aryl methyl sites for hydroxylation is 1. The molecule has 0 bridgehead atoms. The highest BCUT2D eigenvalue weighted by Gasteiger charge is 2.33. The van der Waals surface area contributed by atoms with Crippen molar-refractivity contribution in [2.75, 3.05) is 52.7 Å². The molecular weight excluding hydrogens is 731 g/mol. The van der Waals surface area contributed by atoms with Gasteiger partial charge in [0, 0.05) is 19.4 Å². The van der Waals surface area contributed by atoms with Crippen LogP contribution in [0.4, 0.5) is 0 Å². The zero-order valence-corrected chi connectivity index (χ0v) is 35.0. The third-order valence-corrected chi connectivity index (χ3v) is 10.9. The first kappa shape index (κ1) is 47.1. The lowest BCUT2D eigenvalue weighted by Crippen LogP contribution is -2.36. The summed E-state index contributed by atoms with van der Waals surface area (Å²) in [6.07, 6.45) is 21.3. The van der Waals surface area contributed by atoms with Crippen molar-refractivity contribution in [3.8, 4) is 17.9 Å². The van der Waals surface area contributed by atoms with E-state index in [0.717, 1.165) is 29.8 Å². The quantitative estimate of drug-likeness (QED) is 0.0466. The summed E-state index contributed by atoms with van der Waals surface area (Å²) < 4.78 is 36.2. The Morgan fingerprint density at radius 3 is 2.18 bits per heavy atom. The molecule has 1 aliphatic rings. The van der Waals surface area contributed by atoms with Crippen molar-refractivity contribution in [1.82, 2.24) is 4.68 Å². The zero-order valence-electron chi connectivity index (χ0n) is 34.1. The van der Waals surface area contributed by atoms with Crippen LogP contribution in [-0.2, 0) is 36.3 Å². The van der Waals surface area contributed by atoms with E-state index in [2.05, 4.69) is 29.5 Å². The fraction of sp³-hybridized carbons (Fsp3) is 0.690. The van der Waals surface area contributed by atoms with Crippen molar-refractivity contribution < 1.29 is 32.9 Å². The minimum Gasteiger partial charge on any atom is -0.495 e. The highest BCUT2D eigenvalue weighted by Crippen LogP contribution is 2.36. The summed E-state index contributed by atoms with van der Waals surface area (Å²) in [5.74, 6) is 0.943. The SMILES string of the molecule is CCCCCCCCCCCCCCCCCCOCC(COP(O)OCC(C#N)(CCc1ccc2n1NCN=C2N)OC)OCc1ccc(OC)c(C#N)c1. The van der Waals surface area contributed by atoms with E-state index in [4.69, 9.17) is 33.7 Å². The summed E-state index contributed by atoms with van der Waals surface area (Å²) in [7, 11) is 0.616. The summed E-state index contributed by atoms with van der Waals surface area (Å²) in [5.41, 5.74) is 10.7. The lowest BCUT2D eigenvalue weighted by molar-refractivity contribution is -0.0510. The van der Waals surface area contributed by atoms with Crippen molar-refractivity contribution in [1.29, 1.82) is 10.5 Å². The Labute approximate surface area is 336 Å². The Hall–Kier alpha value is -3.26. The zero-order chi connectivity index (χ0) is 40.3. The summed E-state index contributed by atoms with van der Waals surface area (Å²) in [6.45, 7) is 3.50. The van der Waals surface area contributed by atoms with Crippen LogP contribution in [-0.4, -0.2) is 74.4 Å². The maximum absolute atomic E-state index is 10.7. The van der Waals surface area contributed by atoms with Crippen LogP contribution < -0.4 is 15.9 Å². The highest BCUT2D eigenvalue weighted by molar-refractivity contribution is 7.40. The molecule has 3 unspecified atom stereocenters. The van der Waals surface area contributed by atoms with Crippen molar-refractivity contribution in [2.24, 2.45) is 10.7 Å². The Balaban J connectivity index is 1.38. The molecule has 3 atom stereocenters. The molecule has 0 saturated carbocycles. The molecule has 0 fully saturated rings. The maximum atomic E-state index is 10.7. The average Bonchev–Trinajstić information content (AvgIpc) is 3.65. The molecule has 13 nitrogen and oxygen atoms in total. The van der Waals surface area contributed by atoms with Crippen LogP contribution >= 0.6 is 8.60 Å². The van der Waals surface area contributed by atoms with Gasteiger partial charge in [-0.15, -0.1) is 0 Å². The van der Waals surface area contributed by atoms with Gasteiger partial charge in [-0.3, -0.25) is 4.68 Å². The van der Waals surface area contributed by atoms with Gasteiger partial charge in [-0.1, -0.05) is 109 Å². The van der Waals surface area contributed by atoms with Crippen LogP contribution in [0.25, 0.3) is 0 Å². The number of nitriles is 2. The van der Waals surface area contributed by atoms with Crippen LogP contribution in [0.3, 0.4) is 0 Å². The first-order valence-corrected chi connectivity index (χ1v) is 21.7. The van der Waals surface area contributed by atoms with Gasteiger partial charge in [0.1, 0.15) is 42.2 Å². The molecule has 2 aromatic rings. The van der Waals surface area contributed by atoms with E-state index < -0.39 is 20.3 Å². The molecule has 1 aromatic carbocycles. The van der Waals surface area contributed by atoms with E-state index in [0.29, 0.717) is 43.3 Å². The van der Waals surface area contributed by atoms with Crippen molar-refractivity contribution in [3.63, 3.8) is 0 Å². The van der Waals surface area contributed by atoms with Gasteiger partial charge in [0.15, 0.2) is 5.60 Å². The van der Waals surface area contributed by atoms with Gasteiger partial charge in [0.25, 0.3) is 0 Å². The van der Waals surface area contributed by atoms with E-state index in [-0.39, 0.29) is 26.4 Å². The number of nitrogens with two attached hydrogens (primary N) is 1. The molecule has 1 aliphatic heterocycles. The minimum atomic E-state index is -2.35. The van der Waals surface area contributed by atoms with Crippen LogP contribution in [0, 0.1) is 22.7 Å². The number of nitrogens with one attached hydrogen (secondary N) is 1. The van der Waals surface area contributed by atoms with Gasteiger partial charge in [0.05, 0.1) is 39.1 Å². The third kappa shape index (κ3) is 17.5. The number of unbranched alkanes of at least 4 members (excludes halogenated alkanes) is 15. The second-order valence-corrected chi connectivity index (χ2v) is 15.5. The van der Waals surface area contributed by atoms with Gasteiger partial charge in [0.2, 0.25) is 0 Å². The van der Waals surface area contributed by atoms with E-state index >= 15 is 0 Å². The largest absolute Gasteiger partial charge is 0.495 e. The molecule has 0 amide bonds. The molecule has 0 radical (unpaired) electrons. The second kappa shape index (κ2) is 28.2. The van der Waals surface area contributed by atoms with E-state index in [1.807, 2.05) is 22.9 Å². The molecule has 0 spiro atoms. The fourth-order valence-electron chi connectivity index (χ4n) is 6.63. The van der Waals surface area contributed by atoms with Crippen molar-refractivity contribution in [3.05, 3.63) is 52.8 Å². The summed E-state index contributed by atoms with van der Waals surface area (Å²) in [5, 5.41) is 19.6. The first-order chi connectivity index (χ1) is 27.4. The number of nitrogens with zero attached hydrogens (tertiary/aromatic N) is 4. The fourth-order valence-corrected chi connectivity index (χ4v) is 7.32. The van der Waals surface area contributed by atoms with E-state index in [1.165, 1.54) is 104 Å². The minimum absolute atomic E-state index is 0.000102. The molecule has 4 N–H and O–H groups in total. The Kier molecular flexibility index (Phi) is 23.7. The summed E-state index contributed by atoms with van der Waals surface area (Å²) >= 11 is 0. The number of aliphatic imine (C=N–C) groups is 1. The molecular formula is C42H67N6O7P. The highest BCUT2D eigenvalue weighted by atomic mass is 31.2. The third-order valence-electron chi connectivity index (χ3n) is 10.2. The van der Waals surface area contributed by atoms with Crippen LogP contribution in [0.1, 0.15) is 139 Å². The lowest BCUT2D eigenvalue weighted by atomic mass is 9.99. The number of hydrogen-bond acceptors (Lipinski definition) is 12. The molecule has 14 heteroatoms. The molecule has 0 saturated heterocycles. The average molecular weight is 799 g/mol. The molecule has 56 heavy (non-hydrogen) atoms. The van der Waals surface area contributed by atoms with Crippen molar-refractivity contribution >= 4 is 14.4 Å². The Morgan fingerprint density at radius 1 is 0.911 bits per heavy atom. The number of aromatic nitrogens is 1. The standard InChI is InChI=1S/C42H67N6O7P/c1-4-5-6-7-8-9-10-11-12-13-14-15-16-17-18-19-26-52-30-38(53-29-35-20-23-40(50-2)36(27-35)28-43)31-54-56(49)55-33-42(32-44,51-3)25-24-37-21-22-39-41(45)46-34-47-48(37)39/h20-23,27,38,47,49H,4-19,24-26,29-31,33-34H2,1-3H3,(H2,45,46). The number of rotatable bonds is 33. The number of ether oxygens (including phenoxy) is 4. The first-order valence-electron chi connectivity index (χ1n) is 20.6. The van der Waals surface area contributed by atoms with Gasteiger partial charge in [-0.05, 0) is 49.1 Å². The summed E-state index contributed by atoms with van der Waals surface area (Å²) in [6, 6.07) is 13.5. The summed E-state index contributed by atoms with van der Waals surface area (Å²) in [4.78, 5) is 14.9. The maximum Gasteiger partial charge on any atom is 0.330 e. The molecule has 2 heterocycles. The van der Waals surface area contributed by atoms with Gasteiger partial charge in [-0.2, -0.15) is 10.5 Å². The smallest absolute Gasteiger partial charge is 0.330 e. The molecule has 3 rings (SSSR count). The van der Waals surface area contributed by atoms with Gasteiger partial charge < -0.3 is 44.0 Å². The predicted molar refractivity (Wildman–Crippen MR) is 221 cm³/mol. The van der Waals surface area contributed by atoms with Gasteiger partial charge in [-0.25, -0.2) is 4.99 Å². The Bertz CT molecular complexity index is 1490. The molecule has 1 aromatic heterocycles. The lowest BCUT2D eigenvalue weighted by Gasteiger charge is -2.26. The number of hydrogen-bond donors (Lipinski definition) is 3. The van der Waals surface area contributed by atoms with Crippen LogP contribution in [0.2, 0.25) is 0 Å². The predicted octanol–water partition coefficient (Wildman–Crippen LogP) is 8.55. The monoisotopic (exact) mass is 798 g/mol. The van der Waals surface area contributed by atoms with Crippen LogP contribution in [0.15, 0.2) is 35.3 Å². The number of benzene rings is 1. The number of amidine groups is 1. The van der Waals surface area contributed by atoms with Crippen LogP contribution in [0.5, 0.6) is 5.75 Å². The normalized spacial score (nSPS) is 14.5.